The number of rotatable bonds is 2. The maximum Gasteiger partial charge on any atom is 0.279 e. The molecule has 0 amide bonds. The molecular formula is C20H17N3O5. The largest absolute Gasteiger partial charge is 0.454 e. The normalized spacial score (nSPS) is 19.9. The standard InChI is InChI=1S/C20H17N3O5/c24-16-7-3-6-14-19(16)20(22-13-5-2-1-4-12(13)21-14)11-8-17-18(28-10-27-17)9-15(11)23(25)26/h1-2,4-5,8-9,20-22H,3,6-7,10H2. The monoisotopic (exact) mass is 379 g/mol. The lowest BCUT2D eigenvalue weighted by Gasteiger charge is -2.25. The number of hydrogen-bond donors (Lipinski definition) is 2. The Hall–Kier alpha value is -3.55. The molecule has 2 aliphatic heterocycles. The van der Waals surface area contributed by atoms with Crippen molar-refractivity contribution in [2.45, 2.75) is 25.3 Å². The molecule has 1 unspecified atom stereocenters. The number of allylic oxidation sites excluding steroid dienone is 1. The second-order valence-corrected chi connectivity index (χ2v) is 6.94. The Labute approximate surface area is 160 Å². The molecule has 1 aliphatic carbocycles. The van der Waals surface area contributed by atoms with E-state index < -0.39 is 11.0 Å². The van der Waals surface area contributed by atoms with E-state index in [2.05, 4.69) is 10.6 Å². The Morgan fingerprint density at radius 2 is 1.82 bits per heavy atom. The van der Waals surface area contributed by atoms with Crippen molar-refractivity contribution in [1.82, 2.24) is 0 Å². The number of anilines is 2. The van der Waals surface area contributed by atoms with Gasteiger partial charge in [0.2, 0.25) is 6.79 Å². The zero-order valence-electron chi connectivity index (χ0n) is 14.9. The van der Waals surface area contributed by atoms with E-state index in [1.807, 2.05) is 24.3 Å². The molecule has 28 heavy (non-hydrogen) atoms. The van der Waals surface area contributed by atoms with Crippen LogP contribution in [0.25, 0.3) is 0 Å². The number of fused-ring (bicyclic) bond motifs is 2. The van der Waals surface area contributed by atoms with E-state index in [-0.39, 0.29) is 18.3 Å². The van der Waals surface area contributed by atoms with Crippen molar-refractivity contribution in [1.29, 1.82) is 0 Å². The fourth-order valence-corrected chi connectivity index (χ4v) is 4.01. The summed E-state index contributed by atoms with van der Waals surface area (Å²) in [6, 6.07) is 9.91. The molecule has 5 rings (SSSR count). The minimum atomic E-state index is -0.658. The van der Waals surface area contributed by atoms with Crippen LogP contribution in [0.4, 0.5) is 17.1 Å². The molecule has 0 saturated heterocycles. The highest BCUT2D eigenvalue weighted by Gasteiger charge is 2.37. The highest BCUT2D eigenvalue weighted by atomic mass is 16.7. The summed E-state index contributed by atoms with van der Waals surface area (Å²) in [6.07, 6.45) is 1.89. The van der Waals surface area contributed by atoms with Crippen molar-refractivity contribution in [3.8, 4) is 11.5 Å². The van der Waals surface area contributed by atoms with E-state index in [9.17, 15) is 14.9 Å². The lowest BCUT2D eigenvalue weighted by atomic mass is 9.86. The van der Waals surface area contributed by atoms with Crippen LogP contribution < -0.4 is 20.1 Å². The van der Waals surface area contributed by atoms with Crippen LogP contribution in [0.2, 0.25) is 0 Å². The van der Waals surface area contributed by atoms with Gasteiger partial charge in [0, 0.05) is 17.7 Å². The van der Waals surface area contributed by atoms with Gasteiger partial charge >= 0.3 is 0 Å². The highest BCUT2D eigenvalue weighted by Crippen LogP contribution is 2.46. The van der Waals surface area contributed by atoms with Gasteiger partial charge in [-0.25, -0.2) is 0 Å². The maximum atomic E-state index is 12.9. The van der Waals surface area contributed by atoms with Crippen LogP contribution in [0, 0.1) is 10.1 Å². The Kier molecular flexibility index (Phi) is 3.71. The van der Waals surface area contributed by atoms with Gasteiger partial charge in [0.15, 0.2) is 17.3 Å². The van der Waals surface area contributed by atoms with Gasteiger partial charge in [-0.05, 0) is 31.0 Å². The van der Waals surface area contributed by atoms with Gasteiger partial charge < -0.3 is 20.1 Å². The van der Waals surface area contributed by atoms with Crippen molar-refractivity contribution in [2.75, 3.05) is 17.4 Å². The smallest absolute Gasteiger partial charge is 0.279 e. The van der Waals surface area contributed by atoms with Crippen LogP contribution >= 0.6 is 0 Å². The third-order valence-electron chi connectivity index (χ3n) is 5.29. The zero-order chi connectivity index (χ0) is 19.3. The van der Waals surface area contributed by atoms with Crippen molar-refractivity contribution >= 4 is 22.8 Å². The Bertz CT molecular complexity index is 1050. The van der Waals surface area contributed by atoms with Gasteiger partial charge in [0.1, 0.15) is 0 Å². The average Bonchev–Trinajstić information content (AvgIpc) is 3.07. The highest BCUT2D eigenvalue weighted by molar-refractivity contribution is 6.00. The number of ketones is 1. The van der Waals surface area contributed by atoms with E-state index in [1.165, 1.54) is 6.07 Å². The first-order valence-corrected chi connectivity index (χ1v) is 9.08. The van der Waals surface area contributed by atoms with Crippen LogP contribution in [0.1, 0.15) is 30.9 Å². The van der Waals surface area contributed by atoms with Gasteiger partial charge in [-0.15, -0.1) is 0 Å². The SMILES string of the molecule is O=C1CCCC2=C1C(c1cc3c(cc1[N+](=O)[O-])OCO3)Nc1ccccc1N2. The molecule has 0 saturated carbocycles. The van der Waals surface area contributed by atoms with Gasteiger partial charge in [0.25, 0.3) is 5.69 Å². The molecule has 142 valence electrons. The van der Waals surface area contributed by atoms with Crippen molar-refractivity contribution in [3.63, 3.8) is 0 Å². The summed E-state index contributed by atoms with van der Waals surface area (Å²) in [5.74, 6) is 0.774. The zero-order valence-corrected chi connectivity index (χ0v) is 14.9. The summed E-state index contributed by atoms with van der Waals surface area (Å²) < 4.78 is 10.7. The lowest BCUT2D eigenvalue weighted by Crippen LogP contribution is -2.24. The summed E-state index contributed by atoms with van der Waals surface area (Å²) in [5, 5.41) is 18.5. The first kappa shape index (κ1) is 16.6. The quantitative estimate of drug-likeness (QED) is 0.602. The van der Waals surface area contributed by atoms with E-state index >= 15 is 0 Å². The Morgan fingerprint density at radius 1 is 1.07 bits per heavy atom. The molecule has 0 aromatic heterocycles. The summed E-state index contributed by atoms with van der Waals surface area (Å²) >= 11 is 0. The molecule has 2 aromatic carbocycles. The number of nitrogens with one attached hydrogen (secondary N) is 2. The fourth-order valence-electron chi connectivity index (χ4n) is 4.01. The third kappa shape index (κ3) is 2.57. The molecule has 8 nitrogen and oxygen atoms in total. The predicted molar refractivity (Wildman–Crippen MR) is 102 cm³/mol. The molecule has 2 N–H and O–H groups in total. The molecule has 0 fully saturated rings. The van der Waals surface area contributed by atoms with Crippen molar-refractivity contribution in [3.05, 3.63) is 63.3 Å². The van der Waals surface area contributed by atoms with Crippen LogP contribution in [-0.2, 0) is 4.79 Å². The van der Waals surface area contributed by atoms with Gasteiger partial charge in [0.05, 0.1) is 34.0 Å². The van der Waals surface area contributed by atoms with Gasteiger partial charge in [-0.1, -0.05) is 12.1 Å². The Balaban J connectivity index is 1.73. The first-order chi connectivity index (χ1) is 13.6. The molecule has 0 bridgehead atoms. The van der Waals surface area contributed by atoms with E-state index in [1.54, 1.807) is 6.07 Å². The predicted octanol–water partition coefficient (Wildman–Crippen LogP) is 3.91. The number of ether oxygens (including phenoxy) is 2. The Morgan fingerprint density at radius 3 is 2.61 bits per heavy atom. The minimum Gasteiger partial charge on any atom is -0.454 e. The number of para-hydroxylation sites is 2. The fraction of sp³-hybridized carbons (Fsp3) is 0.250. The number of carbonyl (C=O) groups excluding carboxylic acids is 1. The van der Waals surface area contributed by atoms with Crippen molar-refractivity contribution in [2.24, 2.45) is 0 Å². The second-order valence-electron chi connectivity index (χ2n) is 6.94. The first-order valence-electron chi connectivity index (χ1n) is 9.08. The molecule has 2 aromatic rings. The molecule has 2 heterocycles. The molecule has 8 heteroatoms. The van der Waals surface area contributed by atoms with Crippen molar-refractivity contribution < 1.29 is 19.2 Å². The van der Waals surface area contributed by atoms with E-state index in [0.29, 0.717) is 35.5 Å². The summed E-state index contributed by atoms with van der Waals surface area (Å²) in [6.45, 7) is 0.0191. The number of benzene rings is 2. The summed E-state index contributed by atoms with van der Waals surface area (Å²) in [4.78, 5) is 24.2. The second kappa shape index (κ2) is 6.26. The molecular weight excluding hydrogens is 362 g/mol. The number of carbonyl (C=O) groups is 1. The van der Waals surface area contributed by atoms with Gasteiger partial charge in [-0.2, -0.15) is 0 Å². The number of nitrogens with zero attached hydrogens (tertiary/aromatic N) is 1. The van der Waals surface area contributed by atoms with Crippen LogP contribution in [0.3, 0.4) is 0 Å². The van der Waals surface area contributed by atoms with E-state index in [0.717, 1.165) is 23.5 Å². The summed E-state index contributed by atoms with van der Waals surface area (Å²) in [7, 11) is 0. The number of nitro groups is 1. The molecule has 3 aliphatic rings. The number of Topliss-reactive ketones (excluding diaryl/α,β-unsaturated/α-hetero) is 1. The molecule has 0 radical (unpaired) electrons. The van der Waals surface area contributed by atoms with Crippen LogP contribution in [0.5, 0.6) is 11.5 Å². The van der Waals surface area contributed by atoms with Crippen LogP contribution in [-0.4, -0.2) is 17.5 Å². The van der Waals surface area contributed by atoms with Crippen LogP contribution in [0.15, 0.2) is 47.7 Å². The minimum absolute atomic E-state index is 0.00831. The van der Waals surface area contributed by atoms with Gasteiger partial charge in [-0.3, -0.25) is 14.9 Å². The maximum absolute atomic E-state index is 12.9. The summed E-state index contributed by atoms with van der Waals surface area (Å²) in [5.41, 5.74) is 3.26. The number of hydrogen-bond acceptors (Lipinski definition) is 7. The average molecular weight is 379 g/mol. The third-order valence-corrected chi connectivity index (χ3v) is 5.29. The number of nitro benzene ring substituents is 1. The lowest BCUT2D eigenvalue weighted by molar-refractivity contribution is -0.385. The van der Waals surface area contributed by atoms with E-state index in [4.69, 9.17) is 9.47 Å². The topological polar surface area (TPSA) is 103 Å². The molecule has 1 atom stereocenters. The molecule has 0 spiro atoms.